The van der Waals surface area contributed by atoms with Gasteiger partial charge in [0, 0.05) is 48.6 Å². The number of nitrogens with one attached hydrogen (secondary N) is 1. The van der Waals surface area contributed by atoms with Gasteiger partial charge in [0.2, 0.25) is 5.91 Å². The van der Waals surface area contributed by atoms with E-state index in [1.807, 2.05) is 18.3 Å². The Bertz CT molecular complexity index is 1490. The largest absolute Gasteiger partial charge is 0.368 e. The first-order chi connectivity index (χ1) is 19.8. The molecule has 0 unspecified atom stereocenters. The Morgan fingerprint density at radius 3 is 2.56 bits per heavy atom. The zero-order valence-corrected chi connectivity index (χ0v) is 24.6. The number of thiazole rings is 1. The number of benzene rings is 1. The highest BCUT2D eigenvalue weighted by Gasteiger charge is 2.56. The highest BCUT2D eigenvalue weighted by atomic mass is 32.3. The van der Waals surface area contributed by atoms with E-state index in [4.69, 9.17) is 4.98 Å². The van der Waals surface area contributed by atoms with Crippen LogP contribution in [0.15, 0.2) is 48.8 Å². The molecule has 4 fully saturated rings. The minimum absolute atomic E-state index is 0.0170. The van der Waals surface area contributed by atoms with Crippen molar-refractivity contribution < 1.29 is 13.9 Å². The summed E-state index contributed by atoms with van der Waals surface area (Å²) < 4.78 is 20.8. The monoisotopic (exact) mass is 589 g/mol. The number of nitrogens with zero attached hydrogens (tertiary/aromatic N) is 4. The summed E-state index contributed by atoms with van der Waals surface area (Å²) in [4.78, 5) is 26.3. The van der Waals surface area contributed by atoms with Gasteiger partial charge in [-0.1, -0.05) is 25.0 Å². The summed E-state index contributed by atoms with van der Waals surface area (Å²) in [7, 11) is -2.51. The van der Waals surface area contributed by atoms with Gasteiger partial charge in [0.05, 0.1) is 27.1 Å². The molecule has 3 saturated carbocycles. The summed E-state index contributed by atoms with van der Waals surface area (Å²) >= 11 is 1.64. The lowest BCUT2D eigenvalue weighted by molar-refractivity contribution is -0.127. The average molecular weight is 590 g/mol. The van der Waals surface area contributed by atoms with Crippen molar-refractivity contribution in [3.05, 3.63) is 54.5 Å². The summed E-state index contributed by atoms with van der Waals surface area (Å²) in [6.07, 6.45) is 10.5. The van der Waals surface area contributed by atoms with Crippen LogP contribution in [0.25, 0.3) is 21.0 Å². The molecule has 1 spiro atoms. The summed E-state index contributed by atoms with van der Waals surface area (Å²) in [6.45, 7) is 1.33. The van der Waals surface area contributed by atoms with Gasteiger partial charge >= 0.3 is 0 Å². The smallest absolute Gasteiger partial charge is 0.225 e. The lowest BCUT2D eigenvalue weighted by Crippen LogP contribution is -2.46. The van der Waals surface area contributed by atoms with E-state index in [-0.39, 0.29) is 22.5 Å². The van der Waals surface area contributed by atoms with Crippen molar-refractivity contribution in [2.45, 2.75) is 67.6 Å². The van der Waals surface area contributed by atoms with Crippen molar-refractivity contribution in [3.63, 3.8) is 0 Å². The maximum Gasteiger partial charge on any atom is 0.225 e. The highest BCUT2D eigenvalue weighted by molar-refractivity contribution is 8.25. The fourth-order valence-corrected chi connectivity index (χ4v) is 9.70. The Balaban J connectivity index is 1.21. The van der Waals surface area contributed by atoms with E-state index in [1.165, 1.54) is 0 Å². The number of carbonyl (C=O) groups is 1. The second-order valence-electron chi connectivity index (χ2n) is 12.2. The van der Waals surface area contributed by atoms with Gasteiger partial charge in [-0.25, -0.2) is 4.98 Å². The zero-order valence-electron chi connectivity index (χ0n) is 23.0. The Morgan fingerprint density at radius 1 is 1.10 bits per heavy atom. The van der Waals surface area contributed by atoms with E-state index < -0.39 is 16.1 Å². The lowest BCUT2D eigenvalue weighted by atomic mass is 9.76. The Hall–Kier alpha value is -2.97. The summed E-state index contributed by atoms with van der Waals surface area (Å²) in [5, 5.41) is 13.5. The van der Waals surface area contributed by atoms with Crippen LogP contribution in [0.2, 0.25) is 0 Å². The Labute approximate surface area is 246 Å². The predicted octanol–water partition coefficient (Wildman–Crippen LogP) is 6.42. The van der Waals surface area contributed by atoms with E-state index in [9.17, 15) is 19.2 Å². The molecule has 1 amide bonds. The quantitative estimate of drug-likeness (QED) is 0.303. The van der Waals surface area contributed by atoms with Crippen LogP contribution in [0.4, 0.5) is 5.69 Å². The number of amides is 1. The maximum atomic E-state index is 13.5. The van der Waals surface area contributed by atoms with E-state index in [1.54, 1.807) is 17.5 Å². The first-order valence-electron chi connectivity index (χ1n) is 14.6. The normalized spacial score (nSPS) is 26.1. The molecular formula is C31H35N5O3S2. The maximum absolute atomic E-state index is 13.5. The number of rotatable bonds is 6. The first kappa shape index (κ1) is 26.9. The average Bonchev–Trinajstić information content (AvgIpc) is 3.92. The molecule has 10 heteroatoms. The molecular weight excluding hydrogens is 555 g/mol. The van der Waals surface area contributed by atoms with E-state index >= 15 is 0 Å². The van der Waals surface area contributed by atoms with Crippen LogP contribution in [0.3, 0.4) is 0 Å². The molecule has 3 N–H and O–H groups in total. The standard InChI is InChI=1S/C31H35N5O3S2/c32-19-30(11-12-30)35-28(37)25-6-2-1-5-24(25)26-27(40-29(34-26)22-4-3-15-33-18-22)21-7-9-23(10-8-21)36-16-17-41(38,39)31(20-36)13-14-31/h3-4,7-10,15,18,24-25,38-39H,1-2,5-6,11-14,16-17,20H2,(H,35,37)/t24-,25-/m1/s1. The topological polar surface area (TPSA) is 122 Å². The number of hydrogen-bond acceptors (Lipinski definition) is 8. The molecule has 3 aromatic rings. The van der Waals surface area contributed by atoms with E-state index in [0.717, 1.165) is 83.8 Å². The number of anilines is 1. The van der Waals surface area contributed by atoms with Gasteiger partial charge in [0.15, 0.2) is 0 Å². The molecule has 7 rings (SSSR count). The molecule has 2 aromatic heterocycles. The van der Waals surface area contributed by atoms with Gasteiger partial charge < -0.3 is 10.2 Å². The van der Waals surface area contributed by atoms with Crippen molar-refractivity contribution in [1.82, 2.24) is 15.3 Å². The predicted molar refractivity (Wildman–Crippen MR) is 163 cm³/mol. The van der Waals surface area contributed by atoms with Crippen molar-refractivity contribution in [2.24, 2.45) is 5.92 Å². The van der Waals surface area contributed by atoms with Crippen LogP contribution in [0, 0.1) is 17.2 Å². The molecule has 3 aliphatic carbocycles. The second kappa shape index (κ2) is 10.1. The SMILES string of the molecule is N#CC1(NC(=O)[C@@H]2CCCC[C@H]2c2nc(-c3cccnc3)sc2-c2ccc(N3CCS(O)(O)C4(CC4)C3)cc2)CC1. The minimum atomic E-state index is -2.51. The van der Waals surface area contributed by atoms with Gasteiger partial charge in [0.1, 0.15) is 10.5 Å². The third-order valence-corrected chi connectivity index (χ3v) is 13.3. The molecule has 0 radical (unpaired) electrons. The molecule has 3 heterocycles. The molecule has 1 aromatic carbocycles. The zero-order chi connectivity index (χ0) is 28.2. The van der Waals surface area contributed by atoms with Crippen molar-refractivity contribution in [1.29, 1.82) is 5.26 Å². The summed E-state index contributed by atoms with van der Waals surface area (Å²) in [6, 6.07) is 14.8. The number of aromatic nitrogens is 2. The molecule has 4 aliphatic rings. The fraction of sp³-hybridized carbons (Fsp3) is 0.484. The van der Waals surface area contributed by atoms with Crippen LogP contribution in [0.1, 0.15) is 63.0 Å². The number of hydrogen-bond donors (Lipinski definition) is 3. The van der Waals surface area contributed by atoms with E-state index in [2.05, 4.69) is 45.5 Å². The van der Waals surface area contributed by atoms with Crippen molar-refractivity contribution in [2.75, 3.05) is 23.7 Å². The fourth-order valence-electron chi connectivity index (χ4n) is 6.55. The van der Waals surface area contributed by atoms with Crippen LogP contribution >= 0.6 is 21.9 Å². The molecule has 8 nitrogen and oxygen atoms in total. The van der Waals surface area contributed by atoms with Crippen LogP contribution in [-0.2, 0) is 4.79 Å². The van der Waals surface area contributed by atoms with Crippen molar-refractivity contribution >= 4 is 33.5 Å². The Kier molecular flexibility index (Phi) is 6.62. The molecule has 2 atom stereocenters. The molecule has 41 heavy (non-hydrogen) atoms. The number of nitriles is 1. The third-order valence-electron chi connectivity index (χ3n) is 9.46. The molecule has 1 aliphatic heterocycles. The van der Waals surface area contributed by atoms with Crippen LogP contribution in [-0.4, -0.2) is 54.1 Å². The Morgan fingerprint density at radius 2 is 1.88 bits per heavy atom. The number of pyridine rings is 1. The molecule has 0 bridgehead atoms. The van der Waals surface area contributed by atoms with Gasteiger partial charge in [0.25, 0.3) is 0 Å². The molecule has 1 saturated heterocycles. The van der Waals surface area contributed by atoms with Crippen molar-refractivity contribution in [3.8, 4) is 27.1 Å². The summed E-state index contributed by atoms with van der Waals surface area (Å²) in [5.74, 6) is 0.187. The summed E-state index contributed by atoms with van der Waals surface area (Å²) in [5.41, 5.74) is 3.41. The van der Waals surface area contributed by atoms with E-state index in [0.29, 0.717) is 18.8 Å². The van der Waals surface area contributed by atoms with Gasteiger partial charge in [-0.2, -0.15) is 15.9 Å². The minimum Gasteiger partial charge on any atom is -0.368 e. The lowest BCUT2D eigenvalue weighted by Gasteiger charge is -2.49. The van der Waals surface area contributed by atoms with Crippen LogP contribution < -0.4 is 10.2 Å². The highest BCUT2D eigenvalue weighted by Crippen LogP contribution is 2.67. The van der Waals surface area contributed by atoms with Gasteiger partial charge in [-0.3, -0.25) is 18.9 Å². The van der Waals surface area contributed by atoms with Gasteiger partial charge in [-0.15, -0.1) is 11.3 Å². The van der Waals surface area contributed by atoms with Gasteiger partial charge in [-0.05, 0) is 68.4 Å². The van der Waals surface area contributed by atoms with Crippen LogP contribution in [0.5, 0.6) is 0 Å². The third kappa shape index (κ3) is 4.93. The number of carbonyl (C=O) groups excluding carboxylic acids is 1. The first-order valence-corrected chi connectivity index (χ1v) is 17.1. The second-order valence-corrected chi connectivity index (χ2v) is 15.8. The molecule has 214 valence electrons.